The summed E-state index contributed by atoms with van der Waals surface area (Å²) in [6.07, 6.45) is 1.17. The first-order valence-electron chi connectivity index (χ1n) is 5.26. The number of methoxy groups -OCH3 is 1. The van der Waals surface area contributed by atoms with Crippen LogP contribution in [0.4, 0.5) is 0 Å². The number of rotatable bonds is 5. The van der Waals surface area contributed by atoms with Crippen LogP contribution in [0.1, 0.15) is 31.4 Å². The molecule has 0 aromatic heterocycles. The van der Waals surface area contributed by atoms with Crippen molar-refractivity contribution in [3.05, 3.63) is 29.8 Å². The molecule has 0 bridgehead atoms. The van der Waals surface area contributed by atoms with Crippen LogP contribution in [0.25, 0.3) is 0 Å². The van der Waals surface area contributed by atoms with Gasteiger partial charge >= 0.3 is 0 Å². The summed E-state index contributed by atoms with van der Waals surface area (Å²) >= 11 is 0. The maximum atomic E-state index is 9.77. The van der Waals surface area contributed by atoms with E-state index in [0.29, 0.717) is 0 Å². The first-order valence-corrected chi connectivity index (χ1v) is 5.26. The number of hydrogen-bond donors (Lipinski definition) is 2. The van der Waals surface area contributed by atoms with Crippen molar-refractivity contribution in [3.63, 3.8) is 0 Å². The van der Waals surface area contributed by atoms with E-state index in [0.717, 1.165) is 24.2 Å². The number of aliphatic hydroxyl groups excluding tert-OH is 1. The summed E-state index contributed by atoms with van der Waals surface area (Å²) in [5.41, 5.74) is 6.85. The minimum atomic E-state index is -0.484. The SMILES string of the molecule is CCC[C@H](O)[C@H](N)c1cccc(OC)c1.Cl. The fourth-order valence-electron chi connectivity index (χ4n) is 1.55. The van der Waals surface area contributed by atoms with E-state index >= 15 is 0 Å². The highest BCUT2D eigenvalue weighted by Gasteiger charge is 2.15. The van der Waals surface area contributed by atoms with Crippen LogP contribution < -0.4 is 10.5 Å². The van der Waals surface area contributed by atoms with Gasteiger partial charge in [0.05, 0.1) is 19.3 Å². The highest BCUT2D eigenvalue weighted by molar-refractivity contribution is 5.85. The molecule has 1 aromatic rings. The molecule has 0 aliphatic rings. The summed E-state index contributed by atoms with van der Waals surface area (Å²) < 4.78 is 5.11. The molecular formula is C12H20ClNO2. The van der Waals surface area contributed by atoms with Gasteiger partial charge in [-0.05, 0) is 24.1 Å². The second kappa shape index (κ2) is 7.49. The van der Waals surface area contributed by atoms with Crippen LogP contribution in [0.3, 0.4) is 0 Å². The van der Waals surface area contributed by atoms with E-state index in [1.165, 1.54) is 0 Å². The third kappa shape index (κ3) is 4.00. The van der Waals surface area contributed by atoms with Gasteiger partial charge in [0.25, 0.3) is 0 Å². The number of benzene rings is 1. The van der Waals surface area contributed by atoms with Crippen LogP contribution in [-0.2, 0) is 0 Å². The van der Waals surface area contributed by atoms with E-state index in [9.17, 15) is 5.11 Å². The van der Waals surface area contributed by atoms with Gasteiger partial charge in [-0.2, -0.15) is 0 Å². The number of hydrogen-bond acceptors (Lipinski definition) is 3. The summed E-state index contributed by atoms with van der Waals surface area (Å²) in [7, 11) is 1.62. The smallest absolute Gasteiger partial charge is 0.119 e. The normalized spacial score (nSPS) is 13.8. The second-order valence-electron chi connectivity index (χ2n) is 3.66. The fraction of sp³-hybridized carbons (Fsp3) is 0.500. The Bertz CT molecular complexity index is 307. The van der Waals surface area contributed by atoms with Gasteiger partial charge in [0.2, 0.25) is 0 Å². The van der Waals surface area contributed by atoms with Crippen molar-refractivity contribution in [1.82, 2.24) is 0 Å². The Morgan fingerprint density at radius 2 is 2.12 bits per heavy atom. The molecule has 0 aliphatic carbocycles. The Hall–Kier alpha value is -0.770. The van der Waals surface area contributed by atoms with Gasteiger partial charge in [0, 0.05) is 0 Å². The zero-order chi connectivity index (χ0) is 11.3. The van der Waals surface area contributed by atoms with Crippen molar-refractivity contribution in [2.24, 2.45) is 5.73 Å². The molecule has 4 heteroatoms. The van der Waals surface area contributed by atoms with Crippen LogP contribution in [0, 0.1) is 0 Å². The number of nitrogens with two attached hydrogens (primary N) is 1. The quantitative estimate of drug-likeness (QED) is 0.837. The molecule has 1 aromatic carbocycles. The molecule has 2 atom stereocenters. The minimum absolute atomic E-state index is 0. The number of aliphatic hydroxyl groups is 1. The predicted octanol–water partition coefficient (Wildman–Crippen LogP) is 2.28. The number of ether oxygens (including phenoxy) is 1. The summed E-state index contributed by atoms with van der Waals surface area (Å²) in [4.78, 5) is 0. The molecule has 0 fully saturated rings. The molecule has 92 valence electrons. The minimum Gasteiger partial charge on any atom is -0.497 e. The molecule has 0 radical (unpaired) electrons. The van der Waals surface area contributed by atoms with Crippen molar-refractivity contribution in [2.45, 2.75) is 31.9 Å². The van der Waals surface area contributed by atoms with Crippen LogP contribution >= 0.6 is 12.4 Å². The molecular weight excluding hydrogens is 226 g/mol. The zero-order valence-electron chi connectivity index (χ0n) is 9.72. The summed E-state index contributed by atoms with van der Waals surface area (Å²) in [5, 5.41) is 9.77. The third-order valence-electron chi connectivity index (χ3n) is 2.48. The van der Waals surface area contributed by atoms with Gasteiger partial charge < -0.3 is 15.6 Å². The highest BCUT2D eigenvalue weighted by atomic mass is 35.5. The lowest BCUT2D eigenvalue weighted by molar-refractivity contribution is 0.134. The molecule has 0 saturated carbocycles. The summed E-state index contributed by atoms with van der Waals surface area (Å²) in [6.45, 7) is 2.03. The monoisotopic (exact) mass is 245 g/mol. The fourth-order valence-corrected chi connectivity index (χ4v) is 1.55. The molecule has 3 N–H and O–H groups in total. The largest absolute Gasteiger partial charge is 0.497 e. The molecule has 0 heterocycles. The summed E-state index contributed by atoms with van der Waals surface area (Å²) in [6, 6.07) is 7.19. The molecule has 16 heavy (non-hydrogen) atoms. The van der Waals surface area contributed by atoms with E-state index in [1.54, 1.807) is 7.11 Å². The molecule has 0 aliphatic heterocycles. The Balaban J connectivity index is 0.00000225. The Kier molecular flexibility index (Phi) is 7.13. The van der Waals surface area contributed by atoms with E-state index in [4.69, 9.17) is 10.5 Å². The third-order valence-corrected chi connectivity index (χ3v) is 2.48. The van der Waals surface area contributed by atoms with E-state index in [1.807, 2.05) is 31.2 Å². The maximum Gasteiger partial charge on any atom is 0.119 e. The maximum absolute atomic E-state index is 9.77. The second-order valence-corrected chi connectivity index (χ2v) is 3.66. The Morgan fingerprint density at radius 3 is 2.69 bits per heavy atom. The van der Waals surface area contributed by atoms with Crippen molar-refractivity contribution >= 4 is 12.4 Å². The lowest BCUT2D eigenvalue weighted by Gasteiger charge is -2.19. The molecule has 0 saturated heterocycles. The Morgan fingerprint density at radius 1 is 1.44 bits per heavy atom. The van der Waals surface area contributed by atoms with Crippen molar-refractivity contribution in [2.75, 3.05) is 7.11 Å². The van der Waals surface area contributed by atoms with Crippen molar-refractivity contribution < 1.29 is 9.84 Å². The predicted molar refractivity (Wildman–Crippen MR) is 68.1 cm³/mol. The van der Waals surface area contributed by atoms with Gasteiger partial charge in [0.15, 0.2) is 0 Å². The topological polar surface area (TPSA) is 55.5 Å². The average molecular weight is 246 g/mol. The van der Waals surface area contributed by atoms with Crippen LogP contribution in [-0.4, -0.2) is 18.3 Å². The lowest BCUT2D eigenvalue weighted by Crippen LogP contribution is -2.25. The van der Waals surface area contributed by atoms with Crippen LogP contribution in [0.5, 0.6) is 5.75 Å². The summed E-state index contributed by atoms with van der Waals surface area (Å²) in [5.74, 6) is 0.770. The van der Waals surface area contributed by atoms with Gasteiger partial charge in [-0.1, -0.05) is 25.5 Å². The molecule has 3 nitrogen and oxygen atoms in total. The average Bonchev–Trinajstić information content (AvgIpc) is 2.28. The highest BCUT2D eigenvalue weighted by Crippen LogP contribution is 2.21. The van der Waals surface area contributed by atoms with Crippen molar-refractivity contribution in [3.8, 4) is 5.75 Å². The van der Waals surface area contributed by atoms with Crippen molar-refractivity contribution in [1.29, 1.82) is 0 Å². The molecule has 0 amide bonds. The molecule has 0 unspecified atom stereocenters. The molecule has 1 rings (SSSR count). The first-order chi connectivity index (χ1) is 7.19. The Labute approximate surface area is 103 Å². The first kappa shape index (κ1) is 15.2. The van der Waals surface area contributed by atoms with Gasteiger partial charge in [-0.3, -0.25) is 0 Å². The van der Waals surface area contributed by atoms with Gasteiger partial charge in [-0.15, -0.1) is 12.4 Å². The van der Waals surface area contributed by atoms with Crippen LogP contribution in [0.15, 0.2) is 24.3 Å². The van der Waals surface area contributed by atoms with Gasteiger partial charge in [-0.25, -0.2) is 0 Å². The van der Waals surface area contributed by atoms with E-state index in [-0.39, 0.29) is 18.4 Å². The standard InChI is InChI=1S/C12H19NO2.ClH/c1-3-5-11(14)12(13)9-6-4-7-10(8-9)15-2;/h4,6-8,11-12,14H,3,5,13H2,1-2H3;1H/t11-,12+;/m0./s1. The number of halogens is 1. The van der Waals surface area contributed by atoms with E-state index < -0.39 is 6.10 Å². The van der Waals surface area contributed by atoms with E-state index in [2.05, 4.69) is 0 Å². The zero-order valence-corrected chi connectivity index (χ0v) is 10.5. The van der Waals surface area contributed by atoms with Gasteiger partial charge in [0.1, 0.15) is 5.75 Å². The molecule has 0 spiro atoms. The lowest BCUT2D eigenvalue weighted by atomic mass is 9.99. The van der Waals surface area contributed by atoms with Crippen LogP contribution in [0.2, 0.25) is 0 Å².